The summed E-state index contributed by atoms with van der Waals surface area (Å²) >= 11 is 0. The Bertz CT molecular complexity index is 337. The van der Waals surface area contributed by atoms with Crippen LogP contribution in [-0.4, -0.2) is 17.3 Å². The van der Waals surface area contributed by atoms with E-state index in [4.69, 9.17) is 5.11 Å². The van der Waals surface area contributed by atoms with E-state index in [0.29, 0.717) is 6.54 Å². The van der Waals surface area contributed by atoms with Gasteiger partial charge in [0.25, 0.3) is 0 Å². The van der Waals surface area contributed by atoms with Gasteiger partial charge in [0.1, 0.15) is 0 Å². The highest BCUT2D eigenvalue weighted by molar-refractivity contribution is 5.34. The van der Waals surface area contributed by atoms with E-state index < -0.39 is 0 Å². The lowest BCUT2D eigenvalue weighted by atomic mass is 10.1. The molecule has 0 aliphatic rings. The van der Waals surface area contributed by atoms with Gasteiger partial charge in [0.2, 0.25) is 6.08 Å². The lowest BCUT2D eigenvalue weighted by Gasteiger charge is -2.04. The van der Waals surface area contributed by atoms with Crippen LogP contribution in [0, 0.1) is 0 Å². The smallest absolute Gasteiger partial charge is 0.235 e. The van der Waals surface area contributed by atoms with Gasteiger partial charge in [-0.2, -0.15) is 0 Å². The molecule has 0 saturated carbocycles. The van der Waals surface area contributed by atoms with Crippen LogP contribution in [0.1, 0.15) is 24.5 Å². The molecule has 1 rings (SSSR count). The van der Waals surface area contributed by atoms with Crippen LogP contribution in [0.15, 0.2) is 29.3 Å². The fourth-order valence-corrected chi connectivity index (χ4v) is 1.31. The van der Waals surface area contributed by atoms with Gasteiger partial charge < -0.3 is 5.11 Å². The highest BCUT2D eigenvalue weighted by Crippen LogP contribution is 2.08. The van der Waals surface area contributed by atoms with Crippen LogP contribution in [0.4, 0.5) is 0 Å². The molecule has 0 saturated heterocycles. The molecule has 0 radical (unpaired) electrons. The first-order chi connectivity index (χ1) is 7.22. The SMILES string of the molecule is CC(O)CCc1ccc(CN=C=O)cc1. The van der Waals surface area contributed by atoms with E-state index in [1.165, 1.54) is 11.6 Å². The monoisotopic (exact) mass is 205 g/mol. The van der Waals surface area contributed by atoms with Crippen LogP contribution < -0.4 is 0 Å². The summed E-state index contributed by atoms with van der Waals surface area (Å²) in [6.07, 6.45) is 2.89. The standard InChI is InChI=1S/C12H15NO2/c1-10(15)2-3-11-4-6-12(7-5-11)8-13-9-14/h4-7,10,15H,2-3,8H2,1H3. The Morgan fingerprint density at radius 2 is 1.93 bits per heavy atom. The summed E-state index contributed by atoms with van der Waals surface area (Å²) in [5, 5.41) is 9.13. The van der Waals surface area contributed by atoms with E-state index >= 15 is 0 Å². The summed E-state index contributed by atoms with van der Waals surface area (Å²) in [6.45, 7) is 2.17. The molecule has 1 N–H and O–H groups in total. The Kier molecular flexibility index (Phi) is 4.75. The van der Waals surface area contributed by atoms with Gasteiger partial charge in [-0.15, -0.1) is 0 Å². The first kappa shape index (κ1) is 11.6. The fraction of sp³-hybridized carbons (Fsp3) is 0.417. The van der Waals surface area contributed by atoms with Crippen LogP contribution >= 0.6 is 0 Å². The number of aliphatic hydroxyl groups is 1. The van der Waals surface area contributed by atoms with Crippen LogP contribution in [0.25, 0.3) is 0 Å². The van der Waals surface area contributed by atoms with Gasteiger partial charge in [0.15, 0.2) is 0 Å². The quantitative estimate of drug-likeness (QED) is 0.589. The molecule has 1 aromatic carbocycles. The molecule has 0 fully saturated rings. The minimum absolute atomic E-state index is 0.260. The molecule has 3 heteroatoms. The summed E-state index contributed by atoms with van der Waals surface area (Å²) in [7, 11) is 0. The van der Waals surface area contributed by atoms with Gasteiger partial charge in [-0.3, -0.25) is 0 Å². The van der Waals surface area contributed by atoms with Crippen molar-refractivity contribution in [2.45, 2.75) is 32.4 Å². The number of hydrogen-bond acceptors (Lipinski definition) is 3. The molecular weight excluding hydrogens is 190 g/mol. The van der Waals surface area contributed by atoms with Gasteiger partial charge in [0.05, 0.1) is 12.6 Å². The van der Waals surface area contributed by atoms with Crippen molar-refractivity contribution < 1.29 is 9.90 Å². The summed E-state index contributed by atoms with van der Waals surface area (Å²) in [6, 6.07) is 7.88. The minimum atomic E-state index is -0.260. The van der Waals surface area contributed by atoms with E-state index in [-0.39, 0.29) is 6.10 Å². The van der Waals surface area contributed by atoms with Crippen molar-refractivity contribution in [3.63, 3.8) is 0 Å². The van der Waals surface area contributed by atoms with Crippen LogP contribution in [0.5, 0.6) is 0 Å². The Labute approximate surface area is 89.5 Å². The van der Waals surface area contributed by atoms with Gasteiger partial charge in [0, 0.05) is 0 Å². The maximum Gasteiger partial charge on any atom is 0.235 e. The first-order valence-corrected chi connectivity index (χ1v) is 5.02. The highest BCUT2D eigenvalue weighted by Gasteiger charge is 1.98. The Morgan fingerprint density at radius 1 is 1.33 bits per heavy atom. The van der Waals surface area contributed by atoms with Crippen molar-refractivity contribution in [1.82, 2.24) is 0 Å². The van der Waals surface area contributed by atoms with Crippen molar-refractivity contribution in [2.75, 3.05) is 0 Å². The van der Waals surface area contributed by atoms with E-state index in [0.717, 1.165) is 18.4 Å². The number of nitrogens with zero attached hydrogens (tertiary/aromatic N) is 1. The Morgan fingerprint density at radius 3 is 2.47 bits per heavy atom. The van der Waals surface area contributed by atoms with Gasteiger partial charge in [-0.25, -0.2) is 9.79 Å². The first-order valence-electron chi connectivity index (χ1n) is 5.02. The highest BCUT2D eigenvalue weighted by atomic mass is 16.3. The number of benzene rings is 1. The molecule has 0 aromatic heterocycles. The minimum Gasteiger partial charge on any atom is -0.393 e. The topological polar surface area (TPSA) is 49.7 Å². The number of isocyanates is 1. The molecular formula is C12H15NO2. The predicted octanol–water partition coefficient (Wildman–Crippen LogP) is 1.84. The molecule has 0 spiro atoms. The maximum absolute atomic E-state index is 9.90. The molecule has 0 aliphatic carbocycles. The number of rotatable bonds is 5. The third kappa shape index (κ3) is 4.54. The zero-order chi connectivity index (χ0) is 11.1. The molecule has 1 atom stereocenters. The van der Waals surface area contributed by atoms with Crippen molar-refractivity contribution in [3.05, 3.63) is 35.4 Å². The van der Waals surface area contributed by atoms with Crippen molar-refractivity contribution in [3.8, 4) is 0 Å². The second-order valence-corrected chi connectivity index (χ2v) is 3.61. The molecule has 80 valence electrons. The summed E-state index contributed by atoms with van der Waals surface area (Å²) < 4.78 is 0. The molecule has 1 aromatic rings. The van der Waals surface area contributed by atoms with E-state index in [1.54, 1.807) is 6.92 Å². The van der Waals surface area contributed by atoms with Crippen molar-refractivity contribution >= 4 is 6.08 Å². The van der Waals surface area contributed by atoms with Gasteiger partial charge in [-0.05, 0) is 30.9 Å². The van der Waals surface area contributed by atoms with Crippen molar-refractivity contribution in [1.29, 1.82) is 0 Å². The summed E-state index contributed by atoms with van der Waals surface area (Å²) in [5.74, 6) is 0. The molecule has 1 unspecified atom stereocenters. The lowest BCUT2D eigenvalue weighted by Crippen LogP contribution is -2.01. The maximum atomic E-state index is 9.90. The molecule has 0 bridgehead atoms. The zero-order valence-electron chi connectivity index (χ0n) is 8.81. The number of hydrogen-bond donors (Lipinski definition) is 1. The molecule has 3 nitrogen and oxygen atoms in total. The normalized spacial score (nSPS) is 11.9. The third-order valence-corrected chi connectivity index (χ3v) is 2.20. The summed E-state index contributed by atoms with van der Waals surface area (Å²) in [5.41, 5.74) is 2.19. The van der Waals surface area contributed by atoms with Crippen LogP contribution in [-0.2, 0) is 17.8 Å². The van der Waals surface area contributed by atoms with Crippen LogP contribution in [0.2, 0.25) is 0 Å². The Balaban J connectivity index is 2.52. The number of carbonyl (C=O) groups excluding carboxylic acids is 1. The number of aryl methyl sites for hydroxylation is 1. The van der Waals surface area contributed by atoms with E-state index in [9.17, 15) is 4.79 Å². The number of aliphatic imine (C=N–C) groups is 1. The zero-order valence-corrected chi connectivity index (χ0v) is 8.81. The third-order valence-electron chi connectivity index (χ3n) is 2.20. The molecule has 15 heavy (non-hydrogen) atoms. The average molecular weight is 205 g/mol. The second kappa shape index (κ2) is 6.12. The second-order valence-electron chi connectivity index (χ2n) is 3.61. The lowest BCUT2D eigenvalue weighted by molar-refractivity contribution is 0.185. The van der Waals surface area contributed by atoms with E-state index in [1.807, 2.05) is 24.3 Å². The molecule has 0 amide bonds. The van der Waals surface area contributed by atoms with Gasteiger partial charge in [-0.1, -0.05) is 24.3 Å². The Hall–Kier alpha value is -1.44. The fourth-order valence-electron chi connectivity index (χ4n) is 1.31. The largest absolute Gasteiger partial charge is 0.393 e. The summed E-state index contributed by atoms with van der Waals surface area (Å²) in [4.78, 5) is 13.4. The average Bonchev–Trinajstić information content (AvgIpc) is 2.25. The van der Waals surface area contributed by atoms with Crippen molar-refractivity contribution in [2.24, 2.45) is 4.99 Å². The predicted molar refractivity (Wildman–Crippen MR) is 58.3 cm³/mol. The van der Waals surface area contributed by atoms with E-state index in [2.05, 4.69) is 4.99 Å². The number of aliphatic hydroxyl groups excluding tert-OH is 1. The van der Waals surface area contributed by atoms with Gasteiger partial charge >= 0.3 is 0 Å². The van der Waals surface area contributed by atoms with Crippen LogP contribution in [0.3, 0.4) is 0 Å². The molecule has 0 aliphatic heterocycles. The molecule has 0 heterocycles.